The number of fused-ring (bicyclic) bond motifs is 1. The van der Waals surface area contributed by atoms with Crippen molar-refractivity contribution in [2.75, 3.05) is 6.54 Å². The van der Waals surface area contributed by atoms with Gasteiger partial charge in [-0.1, -0.05) is 25.3 Å². The molecule has 4 aliphatic carbocycles. The summed E-state index contributed by atoms with van der Waals surface area (Å²) in [7, 11) is 0. The fourth-order valence-corrected chi connectivity index (χ4v) is 8.29. The topological polar surface area (TPSA) is 93.1 Å². The molecule has 1 saturated heterocycles. The van der Waals surface area contributed by atoms with Crippen molar-refractivity contribution >= 4 is 22.7 Å². The summed E-state index contributed by atoms with van der Waals surface area (Å²) in [5, 5.41) is 6.20. The number of amides is 2. The SMILES string of the molecule is O=C1CCC(n2c(CCCCCCCNC34CC5CC(CC(C5)C3)C4)nc3cccc(F)c3c2=O)C(=O)N1. The van der Waals surface area contributed by atoms with Gasteiger partial charge in [-0.3, -0.25) is 24.3 Å². The molecule has 0 radical (unpaired) electrons. The Labute approximate surface area is 223 Å². The smallest absolute Gasteiger partial charge is 0.265 e. The van der Waals surface area contributed by atoms with E-state index >= 15 is 0 Å². The van der Waals surface area contributed by atoms with Gasteiger partial charge in [-0.15, -0.1) is 0 Å². The largest absolute Gasteiger partial charge is 0.311 e. The van der Waals surface area contributed by atoms with Gasteiger partial charge in [-0.25, -0.2) is 9.37 Å². The maximum Gasteiger partial charge on any atom is 0.265 e. The van der Waals surface area contributed by atoms with Gasteiger partial charge in [0.25, 0.3) is 5.56 Å². The standard InChI is InChI=1S/C30H39FN4O3/c31-22-7-6-8-23-27(22)29(38)35(24-10-11-26(36)34-28(24)37)25(33-23)9-4-2-1-3-5-12-32-30-16-19-13-20(17-30)15-21(14-19)18-30/h6-8,19-21,24,32H,1-5,9-18H2,(H,34,36,37). The first-order valence-corrected chi connectivity index (χ1v) is 14.7. The molecule has 1 aromatic heterocycles. The Morgan fingerprint density at radius 3 is 2.37 bits per heavy atom. The molecule has 8 heteroatoms. The van der Waals surface area contributed by atoms with Gasteiger partial charge < -0.3 is 5.32 Å². The average molecular weight is 523 g/mol. The van der Waals surface area contributed by atoms with E-state index in [9.17, 15) is 18.8 Å². The van der Waals surface area contributed by atoms with Crippen molar-refractivity contribution in [1.82, 2.24) is 20.2 Å². The number of aromatic nitrogens is 2. The molecule has 2 heterocycles. The lowest BCUT2D eigenvalue weighted by molar-refractivity contribution is -0.135. The van der Waals surface area contributed by atoms with Crippen LogP contribution in [0.2, 0.25) is 0 Å². The predicted octanol–water partition coefficient (Wildman–Crippen LogP) is 4.56. The fraction of sp³-hybridized carbons (Fsp3) is 0.667. The number of carbonyl (C=O) groups is 2. The van der Waals surface area contributed by atoms with E-state index in [1.54, 1.807) is 12.1 Å². The summed E-state index contributed by atoms with van der Waals surface area (Å²) in [6, 6.07) is 3.57. The molecule has 1 unspecified atom stereocenters. The summed E-state index contributed by atoms with van der Waals surface area (Å²) in [6.07, 6.45) is 14.8. The first-order valence-electron chi connectivity index (χ1n) is 14.7. The summed E-state index contributed by atoms with van der Waals surface area (Å²) in [4.78, 5) is 42.2. The summed E-state index contributed by atoms with van der Waals surface area (Å²) >= 11 is 0. The zero-order chi connectivity index (χ0) is 26.3. The van der Waals surface area contributed by atoms with E-state index in [4.69, 9.17) is 0 Å². The fourth-order valence-electron chi connectivity index (χ4n) is 8.29. The van der Waals surface area contributed by atoms with Crippen LogP contribution in [0.25, 0.3) is 10.9 Å². The Balaban J connectivity index is 1.03. The lowest BCUT2D eigenvalue weighted by Crippen LogP contribution is -2.58. The molecule has 0 spiro atoms. The van der Waals surface area contributed by atoms with Crippen molar-refractivity contribution in [3.63, 3.8) is 0 Å². The van der Waals surface area contributed by atoms with Gasteiger partial charge in [-0.2, -0.15) is 0 Å². The molecule has 5 fully saturated rings. The minimum Gasteiger partial charge on any atom is -0.311 e. The van der Waals surface area contributed by atoms with E-state index in [0.29, 0.717) is 23.3 Å². The number of nitrogens with one attached hydrogen (secondary N) is 2. The van der Waals surface area contributed by atoms with Gasteiger partial charge >= 0.3 is 0 Å². The van der Waals surface area contributed by atoms with E-state index in [0.717, 1.165) is 50.0 Å². The molecule has 7 nitrogen and oxygen atoms in total. The zero-order valence-corrected chi connectivity index (χ0v) is 22.1. The molecule has 1 aliphatic heterocycles. The lowest BCUT2D eigenvalue weighted by atomic mass is 9.53. The monoisotopic (exact) mass is 522 g/mol. The highest BCUT2D eigenvalue weighted by atomic mass is 19.1. The van der Waals surface area contributed by atoms with Crippen LogP contribution >= 0.6 is 0 Å². The van der Waals surface area contributed by atoms with E-state index in [-0.39, 0.29) is 24.1 Å². The minimum absolute atomic E-state index is 0.104. The second kappa shape index (κ2) is 10.5. The number of benzene rings is 1. The summed E-state index contributed by atoms with van der Waals surface area (Å²) in [5.74, 6) is 1.87. The Morgan fingerprint density at radius 1 is 0.974 bits per heavy atom. The van der Waals surface area contributed by atoms with Crippen LogP contribution in [0.4, 0.5) is 4.39 Å². The number of halogens is 1. The number of nitrogens with zero attached hydrogens (tertiary/aromatic N) is 2. The van der Waals surface area contributed by atoms with Crippen molar-refractivity contribution in [1.29, 1.82) is 0 Å². The molecule has 2 amide bonds. The van der Waals surface area contributed by atoms with Gasteiger partial charge in [0.2, 0.25) is 11.8 Å². The van der Waals surface area contributed by atoms with Crippen LogP contribution in [0.15, 0.2) is 23.0 Å². The van der Waals surface area contributed by atoms with Gasteiger partial charge in [-0.05, 0) is 94.2 Å². The summed E-state index contributed by atoms with van der Waals surface area (Å²) < 4.78 is 15.9. The van der Waals surface area contributed by atoms with Crippen LogP contribution in [0.3, 0.4) is 0 Å². The molecule has 1 atom stereocenters. The van der Waals surface area contributed by atoms with E-state index in [1.165, 1.54) is 55.6 Å². The molecule has 38 heavy (non-hydrogen) atoms. The highest BCUT2D eigenvalue weighted by Crippen LogP contribution is 2.55. The number of unbranched alkanes of at least 4 members (excludes halogenated alkanes) is 4. The highest BCUT2D eigenvalue weighted by molar-refractivity contribution is 5.99. The molecule has 5 aliphatic rings. The molecule has 7 rings (SSSR count). The lowest BCUT2D eigenvalue weighted by Gasteiger charge is -2.57. The molecule has 4 bridgehead atoms. The van der Waals surface area contributed by atoms with Crippen LogP contribution < -0.4 is 16.2 Å². The third-order valence-electron chi connectivity index (χ3n) is 9.59. The maximum atomic E-state index is 14.5. The van der Waals surface area contributed by atoms with Crippen molar-refractivity contribution in [2.24, 2.45) is 17.8 Å². The van der Waals surface area contributed by atoms with Crippen LogP contribution in [-0.2, 0) is 16.0 Å². The second-order valence-electron chi connectivity index (χ2n) is 12.4. The van der Waals surface area contributed by atoms with Crippen molar-refractivity contribution in [3.8, 4) is 0 Å². The van der Waals surface area contributed by atoms with Crippen molar-refractivity contribution in [3.05, 3.63) is 40.2 Å². The Bertz CT molecular complexity index is 1250. The third kappa shape index (κ3) is 5.04. The van der Waals surface area contributed by atoms with Crippen molar-refractivity contribution in [2.45, 2.75) is 101 Å². The first kappa shape index (κ1) is 25.7. The van der Waals surface area contributed by atoms with Gasteiger partial charge in [0, 0.05) is 18.4 Å². The van der Waals surface area contributed by atoms with Gasteiger partial charge in [0.1, 0.15) is 23.1 Å². The molecular formula is C30H39FN4O3. The highest BCUT2D eigenvalue weighted by Gasteiger charge is 2.50. The molecule has 4 saturated carbocycles. The number of hydrogen-bond donors (Lipinski definition) is 2. The third-order valence-corrected chi connectivity index (χ3v) is 9.59. The molecular weight excluding hydrogens is 483 g/mol. The normalized spacial score (nSPS) is 30.2. The van der Waals surface area contributed by atoms with Crippen LogP contribution in [0.5, 0.6) is 0 Å². The van der Waals surface area contributed by atoms with Crippen LogP contribution in [-0.4, -0.2) is 33.4 Å². The van der Waals surface area contributed by atoms with Crippen molar-refractivity contribution < 1.29 is 14.0 Å². The second-order valence-corrected chi connectivity index (χ2v) is 12.4. The number of carbonyl (C=O) groups excluding carboxylic acids is 2. The van der Waals surface area contributed by atoms with Crippen LogP contribution in [0.1, 0.15) is 95.3 Å². The van der Waals surface area contributed by atoms with E-state index < -0.39 is 23.3 Å². The molecule has 2 N–H and O–H groups in total. The molecule has 2 aromatic rings. The molecule has 1 aromatic carbocycles. The number of rotatable bonds is 10. The summed E-state index contributed by atoms with van der Waals surface area (Å²) in [6.45, 7) is 1.10. The quantitative estimate of drug-likeness (QED) is 0.352. The average Bonchev–Trinajstić information content (AvgIpc) is 2.85. The van der Waals surface area contributed by atoms with E-state index in [2.05, 4.69) is 15.6 Å². The van der Waals surface area contributed by atoms with Gasteiger partial charge in [0.05, 0.1) is 5.52 Å². The van der Waals surface area contributed by atoms with Gasteiger partial charge in [0.15, 0.2) is 0 Å². The Hall–Kier alpha value is -2.61. The number of hydrogen-bond acceptors (Lipinski definition) is 5. The maximum absolute atomic E-state index is 14.5. The Kier molecular flexibility index (Phi) is 7.10. The van der Waals surface area contributed by atoms with Crippen LogP contribution in [0, 0.1) is 23.6 Å². The molecule has 204 valence electrons. The van der Waals surface area contributed by atoms with E-state index in [1.807, 2.05) is 0 Å². The first-order chi connectivity index (χ1) is 18.4. The predicted molar refractivity (Wildman–Crippen MR) is 143 cm³/mol. The number of imide groups is 1. The number of aryl methyl sites for hydroxylation is 1. The number of piperidine rings is 1. The minimum atomic E-state index is -0.845. The summed E-state index contributed by atoms with van der Waals surface area (Å²) in [5.41, 5.74) is 0.188. The zero-order valence-electron chi connectivity index (χ0n) is 22.1. The Morgan fingerprint density at radius 2 is 1.66 bits per heavy atom.